The minimum atomic E-state index is -0.556. The molecule has 1 aromatic carbocycles. The van der Waals surface area contributed by atoms with Crippen LogP contribution in [0.5, 0.6) is 0 Å². The Hall–Kier alpha value is -0.510. The third-order valence-electron chi connectivity index (χ3n) is 2.29. The summed E-state index contributed by atoms with van der Waals surface area (Å²) in [5.41, 5.74) is 0.744. The highest BCUT2D eigenvalue weighted by Crippen LogP contribution is 2.22. The van der Waals surface area contributed by atoms with Crippen molar-refractivity contribution < 1.29 is 5.11 Å². The second-order valence-electron chi connectivity index (χ2n) is 4.59. The first kappa shape index (κ1) is 13.6. The fraction of sp³-hybridized carbons (Fsp3) is 0.538. The van der Waals surface area contributed by atoms with Crippen LogP contribution in [0.1, 0.15) is 25.8 Å². The van der Waals surface area contributed by atoms with Crippen LogP contribution in [0, 0.1) is 0 Å². The van der Waals surface area contributed by atoms with Crippen molar-refractivity contribution >= 4 is 11.8 Å². The number of hydrogen-bond donors (Lipinski definition) is 2. The molecule has 2 N–H and O–H groups in total. The monoisotopic (exact) mass is 239 g/mol. The Morgan fingerprint density at radius 1 is 1.25 bits per heavy atom. The lowest BCUT2D eigenvalue weighted by Gasteiger charge is -2.16. The standard InChI is InChI=1S/C13H21NOS/c1-13(2,15)8-9-16-12-6-4-11(5-7-12)10-14-3/h4-7,14-15H,8-10H2,1-3H3. The summed E-state index contributed by atoms with van der Waals surface area (Å²) < 4.78 is 0. The van der Waals surface area contributed by atoms with Crippen molar-refractivity contribution in [2.75, 3.05) is 12.8 Å². The third-order valence-corrected chi connectivity index (χ3v) is 3.30. The van der Waals surface area contributed by atoms with Crippen LogP contribution >= 0.6 is 11.8 Å². The maximum atomic E-state index is 9.59. The van der Waals surface area contributed by atoms with Gasteiger partial charge in [0.15, 0.2) is 0 Å². The van der Waals surface area contributed by atoms with Gasteiger partial charge < -0.3 is 10.4 Å². The quantitative estimate of drug-likeness (QED) is 0.749. The first-order valence-corrected chi connectivity index (χ1v) is 6.58. The Bertz CT molecular complexity index is 303. The van der Waals surface area contributed by atoms with Gasteiger partial charge in [-0.25, -0.2) is 0 Å². The summed E-state index contributed by atoms with van der Waals surface area (Å²) in [6.07, 6.45) is 0.815. The van der Waals surface area contributed by atoms with Gasteiger partial charge in [0, 0.05) is 17.2 Å². The lowest BCUT2D eigenvalue weighted by Crippen LogP contribution is -2.18. The molecule has 0 aliphatic rings. The minimum Gasteiger partial charge on any atom is -0.390 e. The van der Waals surface area contributed by atoms with E-state index in [1.165, 1.54) is 10.5 Å². The number of rotatable bonds is 6. The van der Waals surface area contributed by atoms with Gasteiger partial charge in [0.05, 0.1) is 5.60 Å². The van der Waals surface area contributed by atoms with Gasteiger partial charge in [-0.2, -0.15) is 0 Å². The SMILES string of the molecule is CNCc1ccc(SCCC(C)(C)O)cc1. The van der Waals surface area contributed by atoms with Crippen LogP contribution in [-0.2, 0) is 6.54 Å². The highest BCUT2D eigenvalue weighted by molar-refractivity contribution is 7.99. The van der Waals surface area contributed by atoms with Gasteiger partial charge in [0.25, 0.3) is 0 Å². The van der Waals surface area contributed by atoms with Crippen molar-refractivity contribution in [2.24, 2.45) is 0 Å². The van der Waals surface area contributed by atoms with Crippen LogP contribution in [0.4, 0.5) is 0 Å². The molecule has 90 valence electrons. The lowest BCUT2D eigenvalue weighted by molar-refractivity contribution is 0.0778. The molecule has 0 fully saturated rings. The molecule has 0 amide bonds. The first-order valence-electron chi connectivity index (χ1n) is 5.60. The van der Waals surface area contributed by atoms with Crippen molar-refractivity contribution in [3.05, 3.63) is 29.8 Å². The third kappa shape index (κ3) is 5.54. The van der Waals surface area contributed by atoms with Crippen molar-refractivity contribution in [2.45, 2.75) is 37.3 Å². The Labute approximate surface area is 102 Å². The molecule has 0 radical (unpaired) electrons. The molecule has 1 rings (SSSR count). The molecular weight excluding hydrogens is 218 g/mol. The maximum Gasteiger partial charge on any atom is 0.0599 e. The fourth-order valence-corrected chi connectivity index (χ4v) is 2.49. The van der Waals surface area contributed by atoms with Gasteiger partial charge in [0.1, 0.15) is 0 Å². The summed E-state index contributed by atoms with van der Waals surface area (Å²) in [4.78, 5) is 1.27. The molecule has 0 saturated carbocycles. The molecule has 16 heavy (non-hydrogen) atoms. The molecule has 0 heterocycles. The van der Waals surface area contributed by atoms with Crippen LogP contribution in [0.25, 0.3) is 0 Å². The summed E-state index contributed by atoms with van der Waals surface area (Å²) >= 11 is 1.79. The molecule has 0 aliphatic carbocycles. The van der Waals surface area contributed by atoms with Crippen LogP contribution in [0.3, 0.4) is 0 Å². The number of thioether (sulfide) groups is 1. The molecule has 0 spiro atoms. The van der Waals surface area contributed by atoms with E-state index >= 15 is 0 Å². The lowest BCUT2D eigenvalue weighted by atomic mass is 10.1. The van der Waals surface area contributed by atoms with E-state index in [0.717, 1.165) is 18.7 Å². The summed E-state index contributed by atoms with van der Waals surface area (Å²) in [5, 5.41) is 12.7. The predicted octanol–water partition coefficient (Wildman–Crippen LogP) is 2.66. The average molecular weight is 239 g/mol. The molecule has 0 saturated heterocycles. The number of hydrogen-bond acceptors (Lipinski definition) is 3. The Balaban J connectivity index is 2.37. The van der Waals surface area contributed by atoms with Gasteiger partial charge in [-0.1, -0.05) is 12.1 Å². The number of benzene rings is 1. The van der Waals surface area contributed by atoms with Gasteiger partial charge >= 0.3 is 0 Å². The summed E-state index contributed by atoms with van der Waals surface area (Å²) in [6, 6.07) is 8.56. The number of nitrogens with one attached hydrogen (secondary N) is 1. The average Bonchev–Trinajstić information content (AvgIpc) is 2.19. The van der Waals surface area contributed by atoms with Gasteiger partial charge in [0.2, 0.25) is 0 Å². The van der Waals surface area contributed by atoms with Gasteiger partial charge in [-0.3, -0.25) is 0 Å². The van der Waals surface area contributed by atoms with E-state index < -0.39 is 5.60 Å². The van der Waals surface area contributed by atoms with E-state index in [9.17, 15) is 5.11 Å². The summed E-state index contributed by atoms with van der Waals surface area (Å²) in [5.74, 6) is 0.953. The molecule has 2 nitrogen and oxygen atoms in total. The summed E-state index contributed by atoms with van der Waals surface area (Å²) in [6.45, 7) is 4.61. The minimum absolute atomic E-state index is 0.556. The topological polar surface area (TPSA) is 32.3 Å². The Kier molecular flexibility index (Phi) is 5.32. The highest BCUT2D eigenvalue weighted by Gasteiger charge is 2.11. The summed E-state index contributed by atoms with van der Waals surface area (Å²) in [7, 11) is 1.95. The van der Waals surface area contributed by atoms with Gasteiger partial charge in [-0.15, -0.1) is 11.8 Å². The molecule has 0 unspecified atom stereocenters. The first-order chi connectivity index (χ1) is 7.51. The van der Waals surface area contributed by atoms with Crippen LogP contribution in [-0.4, -0.2) is 23.5 Å². The van der Waals surface area contributed by atoms with Crippen molar-refractivity contribution in [1.29, 1.82) is 0 Å². The maximum absolute atomic E-state index is 9.59. The van der Waals surface area contributed by atoms with Crippen LogP contribution < -0.4 is 5.32 Å². The zero-order chi connectivity index (χ0) is 12.0. The molecule has 1 aromatic rings. The van der Waals surface area contributed by atoms with E-state index in [-0.39, 0.29) is 0 Å². The fourth-order valence-electron chi connectivity index (χ4n) is 1.33. The zero-order valence-corrected chi connectivity index (χ0v) is 11.1. The molecule has 0 bridgehead atoms. The van der Waals surface area contributed by atoms with Crippen molar-refractivity contribution in [3.8, 4) is 0 Å². The molecule has 0 aliphatic heterocycles. The smallest absolute Gasteiger partial charge is 0.0599 e. The second-order valence-corrected chi connectivity index (χ2v) is 5.75. The van der Waals surface area contributed by atoms with E-state index in [1.54, 1.807) is 11.8 Å². The van der Waals surface area contributed by atoms with Crippen LogP contribution in [0.2, 0.25) is 0 Å². The van der Waals surface area contributed by atoms with E-state index in [4.69, 9.17) is 0 Å². The van der Waals surface area contributed by atoms with E-state index in [1.807, 2.05) is 20.9 Å². The van der Waals surface area contributed by atoms with Crippen molar-refractivity contribution in [3.63, 3.8) is 0 Å². The van der Waals surface area contributed by atoms with E-state index in [2.05, 4.69) is 29.6 Å². The Morgan fingerprint density at radius 2 is 1.88 bits per heavy atom. The zero-order valence-electron chi connectivity index (χ0n) is 10.3. The Morgan fingerprint density at radius 3 is 2.38 bits per heavy atom. The molecule has 3 heteroatoms. The van der Waals surface area contributed by atoms with Crippen molar-refractivity contribution in [1.82, 2.24) is 5.32 Å². The second kappa shape index (κ2) is 6.28. The predicted molar refractivity (Wildman–Crippen MR) is 70.8 cm³/mol. The normalized spacial score (nSPS) is 11.8. The molecular formula is C13H21NOS. The number of aliphatic hydroxyl groups is 1. The van der Waals surface area contributed by atoms with Crippen LogP contribution in [0.15, 0.2) is 29.2 Å². The van der Waals surface area contributed by atoms with Gasteiger partial charge in [-0.05, 0) is 45.0 Å². The molecule has 0 atom stereocenters. The highest BCUT2D eigenvalue weighted by atomic mass is 32.2. The van der Waals surface area contributed by atoms with E-state index in [0.29, 0.717) is 0 Å². The molecule has 0 aromatic heterocycles. The largest absolute Gasteiger partial charge is 0.390 e.